The van der Waals surface area contributed by atoms with Crippen LogP contribution in [0.25, 0.3) is 15.9 Å². The lowest BCUT2D eigenvalue weighted by Crippen LogP contribution is -2.43. The smallest absolute Gasteiger partial charge is 0.293 e. The molecule has 1 atom stereocenters. The summed E-state index contributed by atoms with van der Waals surface area (Å²) in [6.45, 7) is 9.67. The fraction of sp³-hybridized carbons (Fsp3) is 0.619. The molecule has 0 aliphatic carbocycles. The number of amides is 1. The van der Waals surface area contributed by atoms with E-state index < -0.39 is 0 Å². The van der Waals surface area contributed by atoms with Crippen LogP contribution in [0, 0.1) is 6.92 Å². The summed E-state index contributed by atoms with van der Waals surface area (Å²) in [5.74, 6) is 0.984. The minimum absolute atomic E-state index is 0.0550. The fourth-order valence-electron chi connectivity index (χ4n) is 4.65. The fourth-order valence-corrected chi connectivity index (χ4v) is 5.80. The van der Waals surface area contributed by atoms with Crippen molar-refractivity contribution < 1.29 is 9.53 Å². The predicted molar refractivity (Wildman–Crippen MR) is 112 cm³/mol. The summed E-state index contributed by atoms with van der Waals surface area (Å²) in [5.41, 5.74) is 1.77. The summed E-state index contributed by atoms with van der Waals surface area (Å²) >= 11 is 1.67. The molecule has 3 aromatic heterocycles. The van der Waals surface area contributed by atoms with Crippen molar-refractivity contribution in [3.8, 4) is 0 Å². The molecule has 7 nitrogen and oxygen atoms in total. The van der Waals surface area contributed by atoms with Crippen LogP contribution in [0.15, 0.2) is 0 Å². The molecule has 0 aromatic carbocycles. The highest BCUT2D eigenvalue weighted by Gasteiger charge is 2.33. The molecule has 0 saturated carbocycles. The maximum absolute atomic E-state index is 13.3. The van der Waals surface area contributed by atoms with Crippen molar-refractivity contribution in [2.24, 2.45) is 0 Å². The molecule has 0 unspecified atom stereocenters. The molecule has 0 N–H and O–H groups in total. The van der Waals surface area contributed by atoms with Gasteiger partial charge in [0.15, 0.2) is 5.65 Å². The lowest BCUT2D eigenvalue weighted by Gasteiger charge is -2.34. The van der Waals surface area contributed by atoms with Crippen LogP contribution in [-0.4, -0.2) is 48.6 Å². The zero-order valence-electron chi connectivity index (χ0n) is 17.5. The highest BCUT2D eigenvalue weighted by atomic mass is 32.1. The molecule has 29 heavy (non-hydrogen) atoms. The molecule has 8 heteroatoms. The van der Waals surface area contributed by atoms with Crippen molar-refractivity contribution in [3.63, 3.8) is 0 Å². The molecule has 3 aromatic rings. The summed E-state index contributed by atoms with van der Waals surface area (Å²) in [6, 6.07) is 0.286. The Morgan fingerprint density at radius 1 is 1.31 bits per heavy atom. The van der Waals surface area contributed by atoms with E-state index in [9.17, 15) is 4.79 Å². The van der Waals surface area contributed by atoms with Crippen molar-refractivity contribution in [2.45, 2.75) is 78.0 Å². The van der Waals surface area contributed by atoms with Gasteiger partial charge in [-0.3, -0.25) is 4.79 Å². The van der Waals surface area contributed by atoms with Gasteiger partial charge in [-0.05, 0) is 52.0 Å². The Balaban J connectivity index is 1.64. The maximum atomic E-state index is 13.3. The number of likely N-dealkylation sites (tertiary alicyclic amines) is 1. The molecule has 154 valence electrons. The van der Waals surface area contributed by atoms with E-state index in [4.69, 9.17) is 14.7 Å². The number of hydrogen-bond acceptors (Lipinski definition) is 6. The second-order valence-corrected chi connectivity index (χ2v) is 9.88. The normalized spacial score (nSPS) is 21.7. The van der Waals surface area contributed by atoms with Crippen molar-refractivity contribution in [1.82, 2.24) is 24.5 Å². The van der Waals surface area contributed by atoms with Gasteiger partial charge < -0.3 is 9.64 Å². The van der Waals surface area contributed by atoms with Gasteiger partial charge in [-0.15, -0.1) is 16.4 Å². The Bertz CT molecular complexity index is 1120. The first-order valence-corrected chi connectivity index (χ1v) is 11.3. The first-order valence-electron chi connectivity index (χ1n) is 10.5. The lowest BCUT2D eigenvalue weighted by molar-refractivity contribution is -0.0379. The van der Waals surface area contributed by atoms with E-state index in [0.29, 0.717) is 6.61 Å². The highest BCUT2D eigenvalue weighted by Crippen LogP contribution is 2.39. The lowest BCUT2D eigenvalue weighted by atomic mass is 9.94. The van der Waals surface area contributed by atoms with Crippen LogP contribution < -0.4 is 0 Å². The van der Waals surface area contributed by atoms with Crippen LogP contribution in [0.3, 0.4) is 0 Å². The van der Waals surface area contributed by atoms with Crippen LogP contribution in [0.4, 0.5) is 0 Å². The van der Waals surface area contributed by atoms with Gasteiger partial charge >= 0.3 is 0 Å². The Kier molecular flexibility index (Phi) is 4.40. The van der Waals surface area contributed by atoms with E-state index in [0.717, 1.165) is 53.9 Å². The number of aryl methyl sites for hydroxylation is 1. The van der Waals surface area contributed by atoms with E-state index in [2.05, 4.69) is 25.9 Å². The number of thiophene rings is 1. The van der Waals surface area contributed by atoms with Gasteiger partial charge in [0.2, 0.25) is 5.82 Å². The summed E-state index contributed by atoms with van der Waals surface area (Å²) in [7, 11) is 0. The third-order valence-corrected chi connectivity index (χ3v) is 7.32. The van der Waals surface area contributed by atoms with Crippen LogP contribution in [0.1, 0.15) is 73.3 Å². The Hall–Kier alpha value is -2.06. The number of carbonyl (C=O) groups excluding carboxylic acids is 1. The number of nitrogens with zero attached hydrogens (tertiary/aromatic N) is 5. The van der Waals surface area contributed by atoms with Crippen LogP contribution in [-0.2, 0) is 17.8 Å². The van der Waals surface area contributed by atoms with Crippen molar-refractivity contribution in [2.75, 3.05) is 6.54 Å². The van der Waals surface area contributed by atoms with Crippen LogP contribution >= 0.6 is 11.3 Å². The molecule has 0 bridgehead atoms. The summed E-state index contributed by atoms with van der Waals surface area (Å²) in [6.07, 6.45) is 5.07. The topological polar surface area (TPSA) is 72.6 Å². The maximum Gasteiger partial charge on any atom is 0.293 e. The molecule has 1 fully saturated rings. The van der Waals surface area contributed by atoms with E-state index in [1.54, 1.807) is 15.9 Å². The van der Waals surface area contributed by atoms with Gasteiger partial charge in [0.1, 0.15) is 10.7 Å². The first-order chi connectivity index (χ1) is 13.9. The van der Waals surface area contributed by atoms with Gasteiger partial charge in [0, 0.05) is 23.9 Å². The van der Waals surface area contributed by atoms with Crippen molar-refractivity contribution in [1.29, 1.82) is 0 Å². The molecule has 1 amide bonds. The zero-order valence-corrected chi connectivity index (χ0v) is 18.3. The standard InChI is InChI=1S/C21H27N5O2S/c1-5-13-8-6-7-9-25(13)20(27)17-23-18-16-14-10-21(3,4)28-11-15(14)29-19(16)22-12(2)26(18)24-17/h13H,5-11H2,1-4H3/t13-/m1/s1. The van der Waals surface area contributed by atoms with E-state index in [1.165, 1.54) is 16.9 Å². The summed E-state index contributed by atoms with van der Waals surface area (Å²) in [5, 5.41) is 5.63. The quantitative estimate of drug-likeness (QED) is 0.637. The number of hydrogen-bond donors (Lipinski definition) is 0. The molecule has 5 rings (SSSR count). The second-order valence-electron chi connectivity index (χ2n) is 8.80. The Labute approximate surface area is 174 Å². The number of rotatable bonds is 2. The minimum atomic E-state index is -0.219. The average molecular weight is 414 g/mol. The number of carbonyl (C=O) groups is 1. The zero-order chi connectivity index (χ0) is 20.3. The number of aromatic nitrogens is 4. The van der Waals surface area contributed by atoms with Gasteiger partial charge in [0.25, 0.3) is 5.91 Å². The largest absolute Gasteiger partial charge is 0.370 e. The number of piperidine rings is 1. The van der Waals surface area contributed by atoms with Gasteiger partial charge in [0.05, 0.1) is 17.6 Å². The van der Waals surface area contributed by atoms with Crippen molar-refractivity contribution >= 4 is 33.1 Å². The molecule has 5 heterocycles. The molecule has 1 saturated heterocycles. The molecule has 2 aliphatic rings. The molecular formula is C21H27N5O2S. The molecule has 2 aliphatic heterocycles. The second kappa shape index (κ2) is 6.74. The van der Waals surface area contributed by atoms with E-state index >= 15 is 0 Å². The third-order valence-electron chi connectivity index (χ3n) is 6.22. The predicted octanol–water partition coefficient (Wildman–Crippen LogP) is 3.90. The SMILES string of the molecule is CC[C@@H]1CCCCN1C(=O)c1nc2c3c4c(sc3nc(C)n2n1)COC(C)(C)C4. The van der Waals surface area contributed by atoms with Crippen LogP contribution in [0.2, 0.25) is 0 Å². The van der Waals surface area contributed by atoms with Crippen LogP contribution in [0.5, 0.6) is 0 Å². The number of ether oxygens (including phenoxy) is 1. The Morgan fingerprint density at radius 3 is 2.93 bits per heavy atom. The number of fused-ring (bicyclic) bond motifs is 5. The first kappa shape index (κ1) is 18.9. The highest BCUT2D eigenvalue weighted by molar-refractivity contribution is 7.19. The summed E-state index contributed by atoms with van der Waals surface area (Å²) < 4.78 is 7.74. The molecular weight excluding hydrogens is 386 g/mol. The van der Waals surface area contributed by atoms with Gasteiger partial charge in [-0.2, -0.15) is 4.52 Å². The van der Waals surface area contributed by atoms with Gasteiger partial charge in [-0.25, -0.2) is 9.97 Å². The minimum Gasteiger partial charge on any atom is -0.370 e. The monoisotopic (exact) mass is 413 g/mol. The van der Waals surface area contributed by atoms with Gasteiger partial charge in [-0.1, -0.05) is 6.92 Å². The molecule has 0 spiro atoms. The van der Waals surface area contributed by atoms with Crippen molar-refractivity contribution in [3.05, 3.63) is 22.1 Å². The third kappa shape index (κ3) is 3.04. The molecule has 0 radical (unpaired) electrons. The van der Waals surface area contributed by atoms with E-state index in [1.807, 2.05) is 11.8 Å². The Morgan fingerprint density at radius 2 is 2.14 bits per heavy atom. The average Bonchev–Trinajstić information content (AvgIpc) is 3.28. The van der Waals surface area contributed by atoms with E-state index in [-0.39, 0.29) is 23.4 Å². The summed E-state index contributed by atoms with van der Waals surface area (Å²) in [4.78, 5) is 26.9.